The van der Waals surface area contributed by atoms with Gasteiger partial charge in [-0.1, -0.05) is 73.1 Å². The number of nitrogens with one attached hydrogen (secondary N) is 1. The van der Waals surface area contributed by atoms with E-state index in [1.165, 1.54) is 0 Å². The van der Waals surface area contributed by atoms with Gasteiger partial charge in [0.2, 0.25) is 5.91 Å². The molecule has 3 rings (SSSR count). The number of hydrazone groups is 1. The highest BCUT2D eigenvalue weighted by Crippen LogP contribution is 2.19. The van der Waals surface area contributed by atoms with Gasteiger partial charge in [-0.05, 0) is 40.5 Å². The van der Waals surface area contributed by atoms with E-state index < -0.39 is 0 Å². The molecular weight excluding hydrogens is 332 g/mol. The van der Waals surface area contributed by atoms with Crippen molar-refractivity contribution in [3.8, 4) is 0 Å². The highest BCUT2D eigenvalue weighted by atomic mass is 35.5. The Hall–Kier alpha value is -2.65. The molecule has 0 aliphatic rings. The first-order chi connectivity index (χ1) is 12.2. The van der Waals surface area contributed by atoms with Crippen molar-refractivity contribution in [2.75, 3.05) is 0 Å². The van der Waals surface area contributed by atoms with E-state index in [0.29, 0.717) is 11.4 Å². The Morgan fingerprint density at radius 1 is 1.00 bits per heavy atom. The third kappa shape index (κ3) is 4.25. The molecule has 3 aromatic rings. The number of carbonyl (C=O) groups is 1. The van der Waals surface area contributed by atoms with Gasteiger partial charge in [0, 0.05) is 5.02 Å². The third-order valence-electron chi connectivity index (χ3n) is 4.06. The van der Waals surface area contributed by atoms with E-state index in [-0.39, 0.29) is 5.91 Å². The number of nitrogens with zero attached hydrogens (tertiary/aromatic N) is 1. The Balaban J connectivity index is 1.74. The van der Waals surface area contributed by atoms with Crippen molar-refractivity contribution in [1.82, 2.24) is 5.43 Å². The zero-order valence-corrected chi connectivity index (χ0v) is 14.8. The third-order valence-corrected chi connectivity index (χ3v) is 4.31. The summed E-state index contributed by atoms with van der Waals surface area (Å²) in [6.07, 6.45) is 1.01. The highest BCUT2D eigenvalue weighted by molar-refractivity contribution is 6.30. The van der Waals surface area contributed by atoms with E-state index in [2.05, 4.69) is 10.5 Å². The van der Waals surface area contributed by atoms with Crippen LogP contribution in [0.4, 0.5) is 0 Å². The van der Waals surface area contributed by atoms with Gasteiger partial charge in [-0.25, -0.2) is 5.43 Å². The molecule has 3 nitrogen and oxygen atoms in total. The summed E-state index contributed by atoms with van der Waals surface area (Å²) >= 11 is 5.92. The molecule has 0 aliphatic heterocycles. The summed E-state index contributed by atoms with van der Waals surface area (Å²) in [7, 11) is 0. The van der Waals surface area contributed by atoms with E-state index in [9.17, 15) is 4.79 Å². The van der Waals surface area contributed by atoms with Gasteiger partial charge in [0.15, 0.2) is 0 Å². The smallest absolute Gasteiger partial charge is 0.244 e. The van der Waals surface area contributed by atoms with Crippen LogP contribution >= 0.6 is 11.6 Å². The summed E-state index contributed by atoms with van der Waals surface area (Å²) in [5.74, 6) is -0.128. The van der Waals surface area contributed by atoms with Crippen LogP contribution in [0.25, 0.3) is 10.8 Å². The minimum Gasteiger partial charge on any atom is -0.273 e. The number of hydrogen-bond acceptors (Lipinski definition) is 2. The number of rotatable bonds is 5. The lowest BCUT2D eigenvalue weighted by atomic mass is 10.0. The van der Waals surface area contributed by atoms with E-state index >= 15 is 0 Å². The number of benzene rings is 3. The summed E-state index contributed by atoms with van der Waals surface area (Å²) in [5.41, 5.74) is 5.45. The second-order valence-corrected chi connectivity index (χ2v) is 6.21. The van der Waals surface area contributed by atoms with Gasteiger partial charge in [-0.15, -0.1) is 0 Å². The van der Waals surface area contributed by atoms with Gasteiger partial charge in [0.1, 0.15) is 0 Å². The number of carbonyl (C=O) groups excluding carboxylic acids is 1. The molecule has 0 fully saturated rings. The van der Waals surface area contributed by atoms with Crippen molar-refractivity contribution in [2.45, 2.75) is 19.8 Å². The van der Waals surface area contributed by atoms with Crippen LogP contribution < -0.4 is 5.43 Å². The maximum Gasteiger partial charge on any atom is 0.244 e. The van der Waals surface area contributed by atoms with Gasteiger partial charge in [0.05, 0.1) is 12.1 Å². The van der Waals surface area contributed by atoms with Crippen LogP contribution in [-0.4, -0.2) is 11.6 Å². The average Bonchev–Trinajstić information content (AvgIpc) is 2.64. The number of hydrogen-bond donors (Lipinski definition) is 1. The highest BCUT2D eigenvalue weighted by Gasteiger charge is 2.07. The second-order valence-electron chi connectivity index (χ2n) is 5.77. The normalized spacial score (nSPS) is 11.5. The van der Waals surface area contributed by atoms with Gasteiger partial charge < -0.3 is 0 Å². The number of amides is 1. The molecule has 0 saturated carbocycles. The molecule has 0 atom stereocenters. The molecule has 0 heterocycles. The monoisotopic (exact) mass is 350 g/mol. The summed E-state index contributed by atoms with van der Waals surface area (Å²) in [4.78, 5) is 12.3. The summed E-state index contributed by atoms with van der Waals surface area (Å²) < 4.78 is 0. The van der Waals surface area contributed by atoms with E-state index in [1.807, 2.05) is 73.7 Å². The minimum atomic E-state index is -0.128. The minimum absolute atomic E-state index is 0.128. The molecule has 0 spiro atoms. The average molecular weight is 351 g/mol. The molecule has 126 valence electrons. The SMILES string of the molecule is CC/C(=N\NC(=O)Cc1cccc2ccccc12)c1ccc(Cl)cc1. The number of halogens is 1. The van der Waals surface area contributed by atoms with Crippen molar-refractivity contribution in [3.05, 3.63) is 82.9 Å². The quantitative estimate of drug-likeness (QED) is 0.512. The van der Waals surface area contributed by atoms with Gasteiger partial charge >= 0.3 is 0 Å². The topological polar surface area (TPSA) is 41.5 Å². The van der Waals surface area contributed by atoms with Crippen molar-refractivity contribution >= 4 is 34.0 Å². The van der Waals surface area contributed by atoms with Crippen LogP contribution in [0.3, 0.4) is 0 Å². The Kier molecular flexibility index (Phi) is 5.46. The molecule has 4 heteroatoms. The van der Waals surface area contributed by atoms with E-state index in [0.717, 1.165) is 34.0 Å². The lowest BCUT2D eigenvalue weighted by Gasteiger charge is -2.07. The molecule has 0 aliphatic carbocycles. The maximum atomic E-state index is 12.3. The van der Waals surface area contributed by atoms with Crippen molar-refractivity contribution < 1.29 is 4.79 Å². The lowest BCUT2D eigenvalue weighted by Crippen LogP contribution is -2.22. The van der Waals surface area contributed by atoms with Crippen molar-refractivity contribution in [1.29, 1.82) is 0 Å². The molecule has 1 amide bonds. The molecule has 1 N–H and O–H groups in total. The predicted molar refractivity (Wildman–Crippen MR) is 104 cm³/mol. The summed E-state index contributed by atoms with van der Waals surface area (Å²) in [6.45, 7) is 2.00. The first kappa shape index (κ1) is 17.2. The Bertz CT molecular complexity index is 911. The van der Waals surface area contributed by atoms with Crippen LogP contribution in [0.1, 0.15) is 24.5 Å². The van der Waals surface area contributed by atoms with E-state index in [1.54, 1.807) is 0 Å². The Labute approximate surface area is 152 Å². The molecule has 3 aromatic carbocycles. The molecule has 25 heavy (non-hydrogen) atoms. The molecule has 0 bridgehead atoms. The zero-order chi connectivity index (χ0) is 17.6. The fraction of sp³-hybridized carbons (Fsp3) is 0.143. The fourth-order valence-electron chi connectivity index (χ4n) is 2.78. The fourth-order valence-corrected chi connectivity index (χ4v) is 2.90. The van der Waals surface area contributed by atoms with Crippen LogP contribution in [0.15, 0.2) is 71.8 Å². The van der Waals surface area contributed by atoms with Crippen LogP contribution in [0, 0.1) is 0 Å². The van der Waals surface area contributed by atoms with Crippen LogP contribution in [-0.2, 0) is 11.2 Å². The molecule has 0 radical (unpaired) electrons. The van der Waals surface area contributed by atoms with Crippen LogP contribution in [0.5, 0.6) is 0 Å². The van der Waals surface area contributed by atoms with E-state index in [4.69, 9.17) is 11.6 Å². The Morgan fingerprint density at radius 2 is 1.72 bits per heavy atom. The molecule has 0 saturated heterocycles. The van der Waals surface area contributed by atoms with Crippen molar-refractivity contribution in [2.24, 2.45) is 5.10 Å². The van der Waals surface area contributed by atoms with Crippen molar-refractivity contribution in [3.63, 3.8) is 0 Å². The predicted octanol–water partition coefficient (Wildman–Crippen LogP) is 4.97. The molecule has 0 aromatic heterocycles. The van der Waals surface area contributed by atoms with Crippen LogP contribution in [0.2, 0.25) is 5.02 Å². The standard InChI is InChI=1S/C21H19ClN2O/c1-2-20(16-10-12-18(22)13-11-16)23-24-21(25)14-17-8-5-7-15-6-3-4-9-19(15)17/h3-13H,2,14H2,1H3,(H,24,25)/b23-20+. The Morgan fingerprint density at radius 3 is 2.48 bits per heavy atom. The van der Waals surface area contributed by atoms with Gasteiger partial charge in [-0.2, -0.15) is 5.10 Å². The zero-order valence-electron chi connectivity index (χ0n) is 14.0. The maximum absolute atomic E-state index is 12.3. The van der Waals surface area contributed by atoms with Gasteiger partial charge in [-0.3, -0.25) is 4.79 Å². The van der Waals surface area contributed by atoms with Gasteiger partial charge in [0.25, 0.3) is 0 Å². The number of fused-ring (bicyclic) bond motifs is 1. The first-order valence-corrected chi connectivity index (χ1v) is 8.63. The summed E-state index contributed by atoms with van der Waals surface area (Å²) in [6, 6.07) is 21.5. The summed E-state index contributed by atoms with van der Waals surface area (Å²) in [5, 5.41) is 7.20. The first-order valence-electron chi connectivity index (χ1n) is 8.25. The lowest BCUT2D eigenvalue weighted by molar-refractivity contribution is -0.120. The molecular formula is C21H19ClN2O. The largest absolute Gasteiger partial charge is 0.273 e. The second kappa shape index (κ2) is 7.95. The molecule has 0 unspecified atom stereocenters.